The van der Waals surface area contributed by atoms with Crippen molar-refractivity contribution in [3.05, 3.63) is 23.5 Å². The van der Waals surface area contributed by atoms with Crippen LogP contribution in [0.25, 0.3) is 4.96 Å². The molecule has 1 aliphatic rings. The SMILES string of the molecule is N=C(N)C1CCCN(Cc2cn3ccsc3n2)C1. The highest BCUT2D eigenvalue weighted by molar-refractivity contribution is 7.15. The second-order valence-electron chi connectivity index (χ2n) is 4.85. The lowest BCUT2D eigenvalue weighted by Gasteiger charge is -2.31. The van der Waals surface area contributed by atoms with Gasteiger partial charge in [-0.15, -0.1) is 11.3 Å². The molecule has 0 amide bonds. The monoisotopic (exact) mass is 263 g/mol. The summed E-state index contributed by atoms with van der Waals surface area (Å²) in [5, 5.41) is 9.60. The van der Waals surface area contributed by atoms with E-state index in [0.29, 0.717) is 5.84 Å². The first-order valence-corrected chi connectivity index (χ1v) is 7.07. The predicted molar refractivity (Wildman–Crippen MR) is 73.0 cm³/mol. The Balaban J connectivity index is 1.68. The highest BCUT2D eigenvalue weighted by Crippen LogP contribution is 2.19. The molecule has 0 radical (unpaired) electrons. The van der Waals surface area contributed by atoms with Crippen LogP contribution in [0.3, 0.4) is 0 Å². The van der Waals surface area contributed by atoms with Gasteiger partial charge in [0.25, 0.3) is 0 Å². The van der Waals surface area contributed by atoms with Crippen molar-refractivity contribution in [3.63, 3.8) is 0 Å². The quantitative estimate of drug-likeness (QED) is 0.652. The van der Waals surface area contributed by atoms with E-state index >= 15 is 0 Å². The second kappa shape index (κ2) is 4.70. The predicted octanol–water partition coefficient (Wildman–Crippen LogP) is 1.54. The number of aromatic nitrogens is 2. The van der Waals surface area contributed by atoms with Crippen molar-refractivity contribution in [1.29, 1.82) is 5.41 Å². The number of nitrogens with one attached hydrogen (secondary N) is 1. The Hall–Kier alpha value is -1.40. The van der Waals surface area contributed by atoms with Crippen LogP contribution in [-0.2, 0) is 6.54 Å². The average molecular weight is 263 g/mol. The zero-order chi connectivity index (χ0) is 12.5. The Kier molecular flexibility index (Phi) is 3.05. The number of rotatable bonds is 3. The second-order valence-corrected chi connectivity index (χ2v) is 5.73. The minimum Gasteiger partial charge on any atom is -0.387 e. The zero-order valence-electron chi connectivity index (χ0n) is 10.2. The first kappa shape index (κ1) is 11.7. The first-order valence-electron chi connectivity index (χ1n) is 6.20. The van der Waals surface area contributed by atoms with Crippen LogP contribution in [0.2, 0.25) is 0 Å². The van der Waals surface area contributed by atoms with Gasteiger partial charge in [-0.1, -0.05) is 0 Å². The fourth-order valence-electron chi connectivity index (χ4n) is 2.53. The lowest BCUT2D eigenvalue weighted by molar-refractivity contribution is 0.194. The molecule has 1 aliphatic heterocycles. The fourth-order valence-corrected chi connectivity index (χ4v) is 3.25. The smallest absolute Gasteiger partial charge is 0.193 e. The number of fused-ring (bicyclic) bond motifs is 1. The molecule has 0 spiro atoms. The van der Waals surface area contributed by atoms with Gasteiger partial charge in [0.05, 0.1) is 11.5 Å². The Morgan fingerprint density at radius 2 is 2.50 bits per heavy atom. The van der Waals surface area contributed by atoms with Gasteiger partial charge in [-0.2, -0.15) is 0 Å². The third-order valence-corrected chi connectivity index (χ3v) is 4.24. The summed E-state index contributed by atoms with van der Waals surface area (Å²) in [6, 6.07) is 0. The van der Waals surface area contributed by atoms with E-state index in [1.165, 1.54) is 0 Å². The van der Waals surface area contributed by atoms with Crippen molar-refractivity contribution in [3.8, 4) is 0 Å². The maximum atomic E-state index is 7.55. The van der Waals surface area contributed by atoms with Gasteiger partial charge in [0.2, 0.25) is 0 Å². The van der Waals surface area contributed by atoms with Crippen molar-refractivity contribution in [2.75, 3.05) is 13.1 Å². The van der Waals surface area contributed by atoms with Crippen molar-refractivity contribution in [1.82, 2.24) is 14.3 Å². The van der Waals surface area contributed by atoms with Crippen LogP contribution in [-0.4, -0.2) is 33.2 Å². The van der Waals surface area contributed by atoms with Crippen LogP contribution in [0.5, 0.6) is 0 Å². The van der Waals surface area contributed by atoms with E-state index < -0.39 is 0 Å². The molecule has 1 atom stereocenters. The molecular formula is C12H17N5S. The van der Waals surface area contributed by atoms with Crippen molar-refractivity contribution in [2.45, 2.75) is 19.4 Å². The molecule has 6 heteroatoms. The van der Waals surface area contributed by atoms with Crippen LogP contribution in [0.1, 0.15) is 18.5 Å². The summed E-state index contributed by atoms with van der Waals surface area (Å²) in [7, 11) is 0. The molecule has 2 aromatic heterocycles. The van der Waals surface area contributed by atoms with Gasteiger partial charge in [-0.25, -0.2) is 4.98 Å². The molecule has 3 N–H and O–H groups in total. The van der Waals surface area contributed by atoms with Gasteiger partial charge in [-0.3, -0.25) is 14.7 Å². The van der Waals surface area contributed by atoms with E-state index in [1.54, 1.807) is 11.3 Å². The number of nitrogens with zero attached hydrogens (tertiary/aromatic N) is 3. The number of thiazole rings is 1. The first-order chi connectivity index (χ1) is 8.72. The average Bonchev–Trinajstić information content (AvgIpc) is 2.90. The van der Waals surface area contributed by atoms with Crippen molar-refractivity contribution < 1.29 is 0 Å². The number of hydrogen-bond acceptors (Lipinski definition) is 4. The maximum Gasteiger partial charge on any atom is 0.193 e. The summed E-state index contributed by atoms with van der Waals surface area (Å²) in [5.41, 5.74) is 6.71. The van der Waals surface area contributed by atoms with Gasteiger partial charge >= 0.3 is 0 Å². The van der Waals surface area contributed by atoms with E-state index in [0.717, 1.165) is 43.1 Å². The zero-order valence-corrected chi connectivity index (χ0v) is 11.0. The number of piperidine rings is 1. The standard InChI is InChI=1S/C12H17N5S/c13-11(14)9-2-1-3-16(6-9)7-10-8-17-4-5-18-12(17)15-10/h4-5,8-9H,1-3,6-7H2,(H3,13,14). The van der Waals surface area contributed by atoms with Crippen molar-refractivity contribution >= 4 is 22.1 Å². The van der Waals surface area contributed by atoms with E-state index in [9.17, 15) is 0 Å². The minimum absolute atomic E-state index is 0.225. The molecule has 1 unspecified atom stereocenters. The largest absolute Gasteiger partial charge is 0.387 e. The van der Waals surface area contributed by atoms with Gasteiger partial charge < -0.3 is 5.73 Å². The number of amidine groups is 1. The van der Waals surface area contributed by atoms with Gasteiger partial charge in [0.15, 0.2) is 4.96 Å². The van der Waals surface area contributed by atoms with Crippen LogP contribution in [0, 0.1) is 11.3 Å². The molecule has 3 rings (SSSR count). The summed E-state index contributed by atoms with van der Waals surface area (Å²) < 4.78 is 2.06. The molecule has 18 heavy (non-hydrogen) atoms. The topological polar surface area (TPSA) is 70.4 Å². The van der Waals surface area contributed by atoms with E-state index in [-0.39, 0.29) is 5.92 Å². The van der Waals surface area contributed by atoms with Crippen LogP contribution in [0.15, 0.2) is 17.8 Å². The highest BCUT2D eigenvalue weighted by atomic mass is 32.1. The lowest BCUT2D eigenvalue weighted by Crippen LogP contribution is -2.40. The number of likely N-dealkylation sites (tertiary alicyclic amines) is 1. The Labute approximate surface area is 110 Å². The molecule has 3 heterocycles. The van der Waals surface area contributed by atoms with Gasteiger partial charge in [-0.05, 0) is 19.4 Å². The molecule has 5 nitrogen and oxygen atoms in total. The molecule has 0 aliphatic carbocycles. The molecule has 1 saturated heterocycles. The van der Waals surface area contributed by atoms with Crippen LogP contribution < -0.4 is 5.73 Å². The summed E-state index contributed by atoms with van der Waals surface area (Å²) in [6.07, 6.45) is 6.28. The number of hydrogen-bond donors (Lipinski definition) is 2. The van der Waals surface area contributed by atoms with Crippen molar-refractivity contribution in [2.24, 2.45) is 11.7 Å². The molecule has 96 valence electrons. The summed E-state index contributed by atoms with van der Waals surface area (Å²) in [4.78, 5) is 7.99. The third-order valence-electron chi connectivity index (χ3n) is 3.47. The van der Waals surface area contributed by atoms with E-state index in [2.05, 4.69) is 20.5 Å². The summed E-state index contributed by atoms with van der Waals surface area (Å²) >= 11 is 1.65. The Bertz CT molecular complexity index is 529. The molecule has 0 saturated carbocycles. The van der Waals surface area contributed by atoms with Gasteiger partial charge in [0.1, 0.15) is 0 Å². The molecule has 0 bridgehead atoms. The van der Waals surface area contributed by atoms with E-state index in [1.807, 2.05) is 11.6 Å². The normalized spacial score (nSPS) is 21.4. The van der Waals surface area contributed by atoms with E-state index in [4.69, 9.17) is 11.1 Å². The minimum atomic E-state index is 0.225. The van der Waals surface area contributed by atoms with Crippen LogP contribution >= 0.6 is 11.3 Å². The molecule has 1 fully saturated rings. The molecule has 2 aromatic rings. The Morgan fingerprint density at radius 1 is 1.61 bits per heavy atom. The Morgan fingerprint density at radius 3 is 3.28 bits per heavy atom. The van der Waals surface area contributed by atoms with Crippen LogP contribution in [0.4, 0.5) is 0 Å². The maximum absolute atomic E-state index is 7.55. The lowest BCUT2D eigenvalue weighted by atomic mass is 9.97. The third kappa shape index (κ3) is 2.26. The van der Waals surface area contributed by atoms with Gasteiger partial charge in [0, 0.05) is 36.8 Å². The number of imidazole rings is 1. The summed E-state index contributed by atoms with van der Waals surface area (Å²) in [5.74, 6) is 0.549. The number of nitrogens with two attached hydrogens (primary N) is 1. The summed E-state index contributed by atoms with van der Waals surface area (Å²) in [6.45, 7) is 2.83. The fraction of sp³-hybridized carbons (Fsp3) is 0.500. The molecular weight excluding hydrogens is 246 g/mol. The molecule has 0 aromatic carbocycles. The highest BCUT2D eigenvalue weighted by Gasteiger charge is 2.22.